The Labute approximate surface area is 182 Å². The number of nitrogens with zero attached hydrogens (tertiary/aromatic N) is 3. The highest BCUT2D eigenvalue weighted by Crippen LogP contribution is 2.36. The first-order chi connectivity index (χ1) is 15.3. The lowest BCUT2D eigenvalue weighted by atomic mass is 10.1. The van der Waals surface area contributed by atoms with Gasteiger partial charge in [0.25, 0.3) is 5.56 Å². The molecule has 0 spiro atoms. The minimum absolute atomic E-state index is 0.0253. The van der Waals surface area contributed by atoms with Gasteiger partial charge in [-0.2, -0.15) is 5.10 Å². The molecule has 0 bridgehead atoms. The van der Waals surface area contributed by atoms with Crippen LogP contribution in [-0.2, 0) is 13.1 Å². The SMILES string of the molecule is CCCN(Cn1nc(-c2ccccc2)c2ccccc2c1=O)[C@H]1CCc2ccccc21. The first kappa shape index (κ1) is 19.7. The number of aromatic nitrogens is 2. The lowest BCUT2D eigenvalue weighted by Crippen LogP contribution is -2.36. The highest BCUT2D eigenvalue weighted by atomic mass is 16.1. The second-order valence-corrected chi connectivity index (χ2v) is 8.27. The summed E-state index contributed by atoms with van der Waals surface area (Å²) in [7, 11) is 0. The van der Waals surface area contributed by atoms with Gasteiger partial charge < -0.3 is 0 Å². The van der Waals surface area contributed by atoms with Gasteiger partial charge in [-0.15, -0.1) is 0 Å². The quantitative estimate of drug-likeness (QED) is 0.427. The average Bonchev–Trinajstić information content (AvgIpc) is 3.25. The van der Waals surface area contributed by atoms with Crippen LogP contribution in [0.2, 0.25) is 0 Å². The van der Waals surface area contributed by atoms with E-state index in [1.807, 2.05) is 42.5 Å². The van der Waals surface area contributed by atoms with E-state index >= 15 is 0 Å². The van der Waals surface area contributed by atoms with Crippen molar-refractivity contribution in [1.29, 1.82) is 0 Å². The molecular formula is C27H27N3O. The van der Waals surface area contributed by atoms with E-state index in [4.69, 9.17) is 5.10 Å². The molecule has 0 saturated carbocycles. The lowest BCUT2D eigenvalue weighted by molar-refractivity contribution is 0.140. The number of hydrogen-bond acceptors (Lipinski definition) is 3. The Morgan fingerprint density at radius 3 is 2.45 bits per heavy atom. The molecule has 0 unspecified atom stereocenters. The minimum atomic E-state index is -0.0253. The van der Waals surface area contributed by atoms with Crippen LogP contribution < -0.4 is 5.56 Å². The summed E-state index contributed by atoms with van der Waals surface area (Å²) in [5.41, 5.74) is 4.69. The van der Waals surface area contributed by atoms with Gasteiger partial charge in [-0.05, 0) is 36.5 Å². The van der Waals surface area contributed by atoms with Crippen molar-refractivity contribution >= 4 is 10.8 Å². The Morgan fingerprint density at radius 2 is 1.65 bits per heavy atom. The van der Waals surface area contributed by atoms with Gasteiger partial charge in [-0.3, -0.25) is 9.69 Å². The van der Waals surface area contributed by atoms with Crippen LogP contribution in [0, 0.1) is 0 Å². The fourth-order valence-electron chi connectivity index (χ4n) is 4.84. The summed E-state index contributed by atoms with van der Waals surface area (Å²) in [6, 6.07) is 27.0. The molecule has 0 radical (unpaired) electrons. The van der Waals surface area contributed by atoms with Crippen molar-refractivity contribution in [3.05, 3.63) is 100 Å². The molecule has 1 aliphatic carbocycles. The predicted molar refractivity (Wildman–Crippen MR) is 126 cm³/mol. The predicted octanol–water partition coefficient (Wildman–Crippen LogP) is 5.42. The molecule has 1 aliphatic rings. The second kappa shape index (κ2) is 8.48. The molecular weight excluding hydrogens is 382 g/mol. The molecule has 4 nitrogen and oxygen atoms in total. The van der Waals surface area contributed by atoms with Crippen LogP contribution in [0.1, 0.15) is 36.9 Å². The van der Waals surface area contributed by atoms with E-state index < -0.39 is 0 Å². The Hall–Kier alpha value is -3.24. The van der Waals surface area contributed by atoms with E-state index in [9.17, 15) is 4.79 Å². The van der Waals surface area contributed by atoms with E-state index in [0.717, 1.165) is 47.8 Å². The average molecular weight is 410 g/mol. The third kappa shape index (κ3) is 3.68. The van der Waals surface area contributed by atoms with Crippen LogP contribution in [0.5, 0.6) is 0 Å². The lowest BCUT2D eigenvalue weighted by Gasteiger charge is -2.29. The molecule has 4 heteroatoms. The highest BCUT2D eigenvalue weighted by Gasteiger charge is 2.28. The first-order valence-corrected chi connectivity index (χ1v) is 11.1. The molecule has 31 heavy (non-hydrogen) atoms. The van der Waals surface area contributed by atoms with Crippen molar-refractivity contribution in [2.24, 2.45) is 0 Å². The van der Waals surface area contributed by atoms with E-state index in [1.165, 1.54) is 11.1 Å². The summed E-state index contributed by atoms with van der Waals surface area (Å²) in [6.07, 6.45) is 3.22. The van der Waals surface area contributed by atoms with E-state index in [1.54, 1.807) is 4.68 Å². The van der Waals surface area contributed by atoms with Gasteiger partial charge in [0.15, 0.2) is 0 Å². The third-order valence-corrected chi connectivity index (χ3v) is 6.28. The number of fused-ring (bicyclic) bond motifs is 2. The summed E-state index contributed by atoms with van der Waals surface area (Å²) in [5.74, 6) is 0. The van der Waals surface area contributed by atoms with Crippen molar-refractivity contribution in [3.63, 3.8) is 0 Å². The van der Waals surface area contributed by atoms with Crippen LogP contribution in [0.4, 0.5) is 0 Å². The van der Waals surface area contributed by atoms with Gasteiger partial charge in [0.1, 0.15) is 0 Å². The van der Waals surface area contributed by atoms with Gasteiger partial charge in [0.05, 0.1) is 17.7 Å². The van der Waals surface area contributed by atoms with Crippen molar-refractivity contribution in [3.8, 4) is 11.3 Å². The summed E-state index contributed by atoms with van der Waals surface area (Å²) in [6.45, 7) is 3.62. The van der Waals surface area contributed by atoms with Crippen molar-refractivity contribution in [2.75, 3.05) is 6.54 Å². The van der Waals surface area contributed by atoms with E-state index in [2.05, 4.69) is 48.2 Å². The maximum atomic E-state index is 13.4. The Bertz CT molecular complexity index is 1260. The molecule has 1 heterocycles. The maximum absolute atomic E-state index is 13.4. The van der Waals surface area contributed by atoms with E-state index in [0.29, 0.717) is 12.7 Å². The molecule has 5 rings (SSSR count). The van der Waals surface area contributed by atoms with Crippen LogP contribution in [-0.4, -0.2) is 21.2 Å². The smallest absolute Gasteiger partial charge is 0.275 e. The Balaban J connectivity index is 1.59. The molecule has 0 amide bonds. The summed E-state index contributed by atoms with van der Waals surface area (Å²) in [5, 5.41) is 6.51. The molecule has 3 aromatic carbocycles. The highest BCUT2D eigenvalue weighted by molar-refractivity contribution is 5.93. The molecule has 156 valence electrons. The van der Waals surface area contributed by atoms with Gasteiger partial charge in [0.2, 0.25) is 0 Å². The minimum Gasteiger partial charge on any atom is -0.277 e. The summed E-state index contributed by atoms with van der Waals surface area (Å²) < 4.78 is 1.67. The van der Waals surface area contributed by atoms with Crippen molar-refractivity contribution in [1.82, 2.24) is 14.7 Å². The molecule has 0 fully saturated rings. The summed E-state index contributed by atoms with van der Waals surface area (Å²) in [4.78, 5) is 15.8. The van der Waals surface area contributed by atoms with Gasteiger partial charge in [-0.1, -0.05) is 79.7 Å². The van der Waals surface area contributed by atoms with Crippen molar-refractivity contribution in [2.45, 2.75) is 38.9 Å². The fraction of sp³-hybridized carbons (Fsp3) is 0.259. The number of benzene rings is 3. The zero-order valence-electron chi connectivity index (χ0n) is 17.9. The van der Waals surface area contributed by atoms with E-state index in [-0.39, 0.29) is 5.56 Å². The molecule has 4 aromatic rings. The van der Waals surface area contributed by atoms with Crippen molar-refractivity contribution < 1.29 is 0 Å². The molecule has 0 saturated heterocycles. The van der Waals surface area contributed by atoms with Gasteiger partial charge in [-0.25, -0.2) is 4.68 Å². The Kier molecular flexibility index (Phi) is 5.39. The summed E-state index contributed by atoms with van der Waals surface area (Å²) >= 11 is 0. The monoisotopic (exact) mass is 409 g/mol. The largest absolute Gasteiger partial charge is 0.277 e. The third-order valence-electron chi connectivity index (χ3n) is 6.28. The maximum Gasteiger partial charge on any atom is 0.275 e. The first-order valence-electron chi connectivity index (χ1n) is 11.1. The number of rotatable bonds is 6. The number of aryl methyl sites for hydroxylation is 1. The normalized spacial score (nSPS) is 15.5. The zero-order chi connectivity index (χ0) is 21.2. The van der Waals surface area contributed by atoms with Crippen LogP contribution in [0.25, 0.3) is 22.0 Å². The zero-order valence-corrected chi connectivity index (χ0v) is 17.9. The Morgan fingerprint density at radius 1 is 0.935 bits per heavy atom. The van der Waals surface area contributed by atoms with Crippen LogP contribution in [0.15, 0.2) is 83.7 Å². The second-order valence-electron chi connectivity index (χ2n) is 8.27. The number of hydrogen-bond donors (Lipinski definition) is 0. The van der Waals surface area contributed by atoms with Crippen LogP contribution >= 0.6 is 0 Å². The van der Waals surface area contributed by atoms with Gasteiger partial charge in [0, 0.05) is 23.5 Å². The molecule has 0 aliphatic heterocycles. The fourth-order valence-corrected chi connectivity index (χ4v) is 4.84. The topological polar surface area (TPSA) is 38.1 Å². The molecule has 0 N–H and O–H groups in total. The molecule has 1 aromatic heterocycles. The van der Waals surface area contributed by atoms with Gasteiger partial charge >= 0.3 is 0 Å². The standard InChI is InChI=1S/C27H27N3O/c1-2-18-29(25-17-16-20-10-6-7-13-22(20)25)19-30-27(31)24-15-9-8-14-23(24)26(28-30)21-11-4-3-5-12-21/h3-15,25H,2,16-19H2,1H3/t25-/m0/s1. The molecule has 1 atom stereocenters. The van der Waals surface area contributed by atoms with Crippen LogP contribution in [0.3, 0.4) is 0 Å².